The van der Waals surface area contributed by atoms with Gasteiger partial charge < -0.3 is 15.2 Å². The summed E-state index contributed by atoms with van der Waals surface area (Å²) in [7, 11) is 0. The van der Waals surface area contributed by atoms with Crippen molar-refractivity contribution in [3.8, 4) is 0 Å². The molecule has 0 aromatic carbocycles. The van der Waals surface area contributed by atoms with E-state index < -0.39 is 18.0 Å². The number of ether oxygens (including phenoxy) is 1. The third-order valence-electron chi connectivity index (χ3n) is 6.85. The van der Waals surface area contributed by atoms with Crippen molar-refractivity contribution in [1.82, 2.24) is 5.32 Å². The molecule has 1 unspecified atom stereocenters. The lowest BCUT2D eigenvalue weighted by Gasteiger charge is -2.14. The van der Waals surface area contributed by atoms with Crippen molar-refractivity contribution in [2.45, 2.75) is 168 Å². The Balaban J connectivity index is 3.55. The Labute approximate surface area is 217 Å². The van der Waals surface area contributed by atoms with Gasteiger partial charge in [-0.3, -0.25) is 9.59 Å². The average molecular weight is 498 g/mol. The van der Waals surface area contributed by atoms with Gasteiger partial charge in [0.25, 0.3) is 0 Å². The van der Waals surface area contributed by atoms with Crippen LogP contribution < -0.4 is 5.32 Å². The monoisotopic (exact) mass is 497 g/mol. The number of rotatable bonds is 28. The third-order valence-corrected chi connectivity index (χ3v) is 6.85. The smallest absolute Gasteiger partial charge is 0.321 e. The Morgan fingerprint density at radius 1 is 0.600 bits per heavy atom. The second-order valence-corrected chi connectivity index (χ2v) is 10.3. The predicted octanol–water partition coefficient (Wildman–Crippen LogP) is 8.58. The van der Waals surface area contributed by atoms with Gasteiger partial charge in [0.1, 0.15) is 6.04 Å². The van der Waals surface area contributed by atoms with Crippen LogP contribution in [0.25, 0.3) is 0 Å². The summed E-state index contributed by atoms with van der Waals surface area (Å²) < 4.78 is 5.28. The van der Waals surface area contributed by atoms with Crippen LogP contribution in [-0.4, -0.2) is 36.2 Å². The first-order chi connectivity index (χ1) is 17.1. The van der Waals surface area contributed by atoms with Gasteiger partial charge >= 0.3 is 11.9 Å². The highest BCUT2D eigenvalue weighted by Gasteiger charge is 2.21. The van der Waals surface area contributed by atoms with Crippen LogP contribution in [0.2, 0.25) is 0 Å². The summed E-state index contributed by atoms with van der Waals surface area (Å²) in [6.45, 7) is 5.54. The number of hydrogen-bond acceptors (Lipinski definition) is 4. The van der Waals surface area contributed by atoms with Crippen LogP contribution in [0.15, 0.2) is 0 Å². The molecule has 0 rings (SSSR count). The molecule has 0 aromatic heterocycles. The van der Waals surface area contributed by atoms with Gasteiger partial charge in [0.15, 0.2) is 0 Å². The number of aliphatic carboxylic acids is 1. The van der Waals surface area contributed by atoms with E-state index in [-0.39, 0.29) is 6.42 Å². The molecule has 0 saturated heterocycles. The third kappa shape index (κ3) is 25.8. The second-order valence-electron chi connectivity index (χ2n) is 10.3. The Morgan fingerprint density at radius 2 is 0.971 bits per heavy atom. The zero-order valence-corrected chi connectivity index (χ0v) is 23.4. The minimum Gasteiger partial charge on any atom is -0.480 e. The molecule has 5 nitrogen and oxygen atoms in total. The van der Waals surface area contributed by atoms with E-state index in [1.807, 2.05) is 0 Å². The highest BCUT2D eigenvalue weighted by Crippen LogP contribution is 2.13. The van der Waals surface area contributed by atoms with E-state index in [2.05, 4.69) is 19.2 Å². The molecule has 35 heavy (non-hydrogen) atoms. The van der Waals surface area contributed by atoms with E-state index in [1.54, 1.807) is 0 Å². The first-order valence-electron chi connectivity index (χ1n) is 15.2. The Morgan fingerprint density at radius 3 is 1.37 bits per heavy atom. The fourth-order valence-electron chi connectivity index (χ4n) is 4.49. The summed E-state index contributed by atoms with van der Waals surface area (Å²) >= 11 is 0. The van der Waals surface area contributed by atoms with Crippen molar-refractivity contribution >= 4 is 11.9 Å². The first-order valence-corrected chi connectivity index (χ1v) is 15.2. The van der Waals surface area contributed by atoms with Gasteiger partial charge in [-0.05, 0) is 19.4 Å². The van der Waals surface area contributed by atoms with E-state index in [1.165, 1.54) is 116 Å². The highest BCUT2D eigenvalue weighted by molar-refractivity contribution is 5.81. The first kappa shape index (κ1) is 33.9. The fraction of sp³-hybridized carbons (Fsp3) is 0.933. The maximum Gasteiger partial charge on any atom is 0.321 e. The average Bonchev–Trinajstić information content (AvgIpc) is 2.84. The van der Waals surface area contributed by atoms with Crippen molar-refractivity contribution in [2.75, 3.05) is 13.2 Å². The minimum absolute atomic E-state index is 0.0921. The number of nitrogens with one attached hydrogen (secondary N) is 1. The van der Waals surface area contributed by atoms with E-state index in [4.69, 9.17) is 4.74 Å². The fourth-order valence-corrected chi connectivity index (χ4v) is 4.49. The standard InChI is InChI=1S/C30H59NO4/c1-3-5-7-9-11-13-14-15-16-18-20-22-24-26-35-29(32)27-28(30(33)34)31-25-23-21-19-17-12-10-8-6-4-2/h28,31H,3-27H2,1-2H3,(H,33,34). The number of carboxylic acids is 1. The summed E-state index contributed by atoms with van der Waals surface area (Å²) in [6, 6.07) is -0.844. The van der Waals surface area contributed by atoms with Gasteiger partial charge in [-0.25, -0.2) is 0 Å². The van der Waals surface area contributed by atoms with E-state index in [0.29, 0.717) is 13.2 Å². The molecule has 0 aliphatic carbocycles. The molecule has 5 heteroatoms. The lowest BCUT2D eigenvalue weighted by Crippen LogP contribution is -2.39. The molecule has 0 bridgehead atoms. The Hall–Kier alpha value is -1.10. The number of hydrogen-bond donors (Lipinski definition) is 2. The molecule has 0 aliphatic heterocycles. The molecule has 0 heterocycles. The van der Waals surface area contributed by atoms with E-state index >= 15 is 0 Å². The molecular weight excluding hydrogens is 438 g/mol. The summed E-state index contributed by atoms with van der Waals surface area (Å²) in [5.74, 6) is -1.38. The quantitative estimate of drug-likeness (QED) is 0.0836. The normalized spacial score (nSPS) is 12.1. The number of carbonyl (C=O) groups excluding carboxylic acids is 1. The zero-order chi connectivity index (χ0) is 25.8. The molecule has 0 fully saturated rings. The number of carbonyl (C=O) groups is 2. The van der Waals surface area contributed by atoms with Crippen molar-refractivity contribution in [3.63, 3.8) is 0 Å². The summed E-state index contributed by atoms with van der Waals surface area (Å²) in [5.41, 5.74) is 0. The van der Waals surface area contributed by atoms with Gasteiger partial charge in [0, 0.05) is 0 Å². The van der Waals surface area contributed by atoms with Crippen LogP contribution in [0.5, 0.6) is 0 Å². The van der Waals surface area contributed by atoms with Gasteiger partial charge in [-0.15, -0.1) is 0 Å². The van der Waals surface area contributed by atoms with Gasteiger partial charge in [-0.1, -0.05) is 142 Å². The molecular formula is C30H59NO4. The molecule has 2 N–H and O–H groups in total. The summed E-state index contributed by atoms with van der Waals surface area (Å²) in [4.78, 5) is 23.5. The van der Waals surface area contributed by atoms with Gasteiger partial charge in [-0.2, -0.15) is 0 Å². The van der Waals surface area contributed by atoms with Gasteiger partial charge in [0.2, 0.25) is 0 Å². The lowest BCUT2D eigenvalue weighted by molar-refractivity contribution is -0.149. The highest BCUT2D eigenvalue weighted by atomic mass is 16.5. The molecule has 0 saturated carbocycles. The maximum atomic E-state index is 12.0. The Bertz CT molecular complexity index is 469. The Kier molecular flexibility index (Phi) is 26.6. The van der Waals surface area contributed by atoms with Crippen molar-refractivity contribution in [1.29, 1.82) is 0 Å². The lowest BCUT2D eigenvalue weighted by atomic mass is 10.0. The van der Waals surface area contributed by atoms with Crippen LogP contribution in [0.1, 0.15) is 162 Å². The molecule has 208 valence electrons. The summed E-state index contributed by atoms with van der Waals surface area (Å²) in [6.07, 6.45) is 27.7. The molecule has 0 spiro atoms. The second kappa shape index (κ2) is 27.5. The van der Waals surface area contributed by atoms with Gasteiger partial charge in [0.05, 0.1) is 13.0 Å². The van der Waals surface area contributed by atoms with Crippen LogP contribution in [0, 0.1) is 0 Å². The van der Waals surface area contributed by atoms with Crippen LogP contribution in [0.3, 0.4) is 0 Å². The van der Waals surface area contributed by atoms with Crippen molar-refractivity contribution in [2.24, 2.45) is 0 Å². The molecule has 0 amide bonds. The predicted molar refractivity (Wildman–Crippen MR) is 148 cm³/mol. The maximum absolute atomic E-state index is 12.0. The molecule has 1 atom stereocenters. The SMILES string of the molecule is CCCCCCCCCCCCCCCOC(=O)CC(NCCCCCCCCCCC)C(=O)O. The van der Waals surface area contributed by atoms with E-state index in [0.717, 1.165) is 25.7 Å². The largest absolute Gasteiger partial charge is 0.480 e. The zero-order valence-electron chi connectivity index (χ0n) is 23.4. The van der Waals surface area contributed by atoms with Crippen LogP contribution in [-0.2, 0) is 14.3 Å². The van der Waals surface area contributed by atoms with Crippen LogP contribution in [0.4, 0.5) is 0 Å². The van der Waals surface area contributed by atoms with Crippen LogP contribution >= 0.6 is 0 Å². The summed E-state index contributed by atoms with van der Waals surface area (Å²) in [5, 5.41) is 12.4. The molecule has 0 aromatic rings. The van der Waals surface area contributed by atoms with E-state index in [9.17, 15) is 14.7 Å². The molecule has 0 radical (unpaired) electrons. The number of unbranched alkanes of at least 4 members (excludes halogenated alkanes) is 20. The van der Waals surface area contributed by atoms with Crippen molar-refractivity contribution < 1.29 is 19.4 Å². The number of carboxylic acid groups (broad SMARTS) is 1. The van der Waals surface area contributed by atoms with Crippen molar-refractivity contribution in [3.05, 3.63) is 0 Å². The molecule has 0 aliphatic rings. The topological polar surface area (TPSA) is 75.6 Å². The minimum atomic E-state index is -0.973. The number of esters is 1.